The Morgan fingerprint density at radius 2 is 2.35 bits per heavy atom. The smallest absolute Gasteiger partial charge is 0.339 e. The first-order valence-electron chi connectivity index (χ1n) is 5.54. The van der Waals surface area contributed by atoms with Gasteiger partial charge in [-0.15, -0.1) is 0 Å². The number of rotatable bonds is 3. The van der Waals surface area contributed by atoms with Crippen molar-refractivity contribution in [2.45, 2.75) is 18.9 Å². The maximum Gasteiger partial charge on any atom is 0.339 e. The number of carboxylic acids is 1. The molecule has 0 spiro atoms. The summed E-state index contributed by atoms with van der Waals surface area (Å²) in [6.45, 7) is 1.23. The first kappa shape index (κ1) is 11.7. The Balaban J connectivity index is 2.17. The number of carbonyl (C=O) groups is 1. The van der Waals surface area contributed by atoms with Crippen LogP contribution in [0.1, 0.15) is 23.2 Å². The van der Waals surface area contributed by atoms with Crippen molar-refractivity contribution in [3.63, 3.8) is 0 Å². The molecule has 1 aliphatic heterocycles. The standard InChI is InChI=1S/C12H15NO4/c13-8-3-4-10(12(14)15)11(6-8)17-9-2-1-5-16-7-9/h3-4,6,9H,1-2,5,7,13H2,(H,14,15). The fourth-order valence-corrected chi connectivity index (χ4v) is 1.80. The normalized spacial score (nSPS) is 19.9. The second-order valence-corrected chi connectivity index (χ2v) is 4.02. The van der Waals surface area contributed by atoms with E-state index in [-0.39, 0.29) is 11.7 Å². The second kappa shape index (κ2) is 5.05. The van der Waals surface area contributed by atoms with Crippen LogP contribution in [0.4, 0.5) is 5.69 Å². The van der Waals surface area contributed by atoms with Gasteiger partial charge in [-0.2, -0.15) is 0 Å². The quantitative estimate of drug-likeness (QED) is 0.779. The lowest BCUT2D eigenvalue weighted by Gasteiger charge is -2.24. The van der Waals surface area contributed by atoms with E-state index in [4.69, 9.17) is 20.3 Å². The van der Waals surface area contributed by atoms with Crippen LogP contribution in [-0.4, -0.2) is 30.4 Å². The molecule has 17 heavy (non-hydrogen) atoms. The van der Waals surface area contributed by atoms with Gasteiger partial charge in [0.05, 0.1) is 6.61 Å². The van der Waals surface area contributed by atoms with Crippen molar-refractivity contribution < 1.29 is 19.4 Å². The van der Waals surface area contributed by atoms with Crippen LogP contribution in [0.3, 0.4) is 0 Å². The third-order valence-corrected chi connectivity index (χ3v) is 2.65. The third-order valence-electron chi connectivity index (χ3n) is 2.65. The van der Waals surface area contributed by atoms with Gasteiger partial charge in [0.25, 0.3) is 0 Å². The van der Waals surface area contributed by atoms with Crippen molar-refractivity contribution in [3.8, 4) is 5.75 Å². The summed E-state index contributed by atoms with van der Waals surface area (Å²) in [4.78, 5) is 11.0. The molecule has 1 unspecified atom stereocenters. The zero-order valence-electron chi connectivity index (χ0n) is 9.39. The second-order valence-electron chi connectivity index (χ2n) is 4.02. The van der Waals surface area contributed by atoms with Crippen molar-refractivity contribution in [2.75, 3.05) is 18.9 Å². The molecule has 3 N–H and O–H groups in total. The van der Waals surface area contributed by atoms with Gasteiger partial charge in [0.1, 0.15) is 17.4 Å². The minimum absolute atomic E-state index is 0.0938. The molecule has 0 aliphatic carbocycles. The minimum Gasteiger partial charge on any atom is -0.487 e. The van der Waals surface area contributed by atoms with Gasteiger partial charge in [0.2, 0.25) is 0 Å². The lowest BCUT2D eigenvalue weighted by atomic mass is 10.1. The molecule has 0 amide bonds. The molecule has 1 fully saturated rings. The van der Waals surface area contributed by atoms with Crippen LogP contribution in [0.5, 0.6) is 5.75 Å². The van der Waals surface area contributed by atoms with E-state index in [1.165, 1.54) is 12.1 Å². The zero-order valence-corrected chi connectivity index (χ0v) is 9.39. The van der Waals surface area contributed by atoms with Gasteiger partial charge >= 0.3 is 5.97 Å². The van der Waals surface area contributed by atoms with Crippen molar-refractivity contribution in [1.29, 1.82) is 0 Å². The maximum atomic E-state index is 11.0. The van der Waals surface area contributed by atoms with Gasteiger partial charge in [-0.3, -0.25) is 0 Å². The predicted molar refractivity (Wildman–Crippen MR) is 62.3 cm³/mol. The number of ether oxygens (including phenoxy) is 2. The number of carboxylic acid groups (broad SMARTS) is 1. The molecule has 1 aromatic carbocycles. The summed E-state index contributed by atoms with van der Waals surface area (Å²) in [6, 6.07) is 4.54. The highest BCUT2D eigenvalue weighted by atomic mass is 16.5. The Labute approximate surface area is 99.1 Å². The first-order valence-corrected chi connectivity index (χ1v) is 5.54. The average Bonchev–Trinajstić information content (AvgIpc) is 2.30. The molecule has 1 saturated heterocycles. The Morgan fingerprint density at radius 1 is 1.53 bits per heavy atom. The molecule has 2 rings (SSSR count). The van der Waals surface area contributed by atoms with E-state index in [0.29, 0.717) is 18.0 Å². The Kier molecular flexibility index (Phi) is 3.49. The SMILES string of the molecule is Nc1ccc(C(=O)O)c(OC2CCCOC2)c1. The predicted octanol–water partition coefficient (Wildman–Crippen LogP) is 1.52. The number of hydrogen-bond acceptors (Lipinski definition) is 4. The molecular formula is C12H15NO4. The monoisotopic (exact) mass is 237 g/mol. The number of anilines is 1. The summed E-state index contributed by atoms with van der Waals surface area (Å²) in [5.41, 5.74) is 6.25. The molecule has 0 saturated carbocycles. The molecule has 1 aromatic rings. The van der Waals surface area contributed by atoms with Gasteiger partial charge < -0.3 is 20.3 Å². The topological polar surface area (TPSA) is 81.8 Å². The van der Waals surface area contributed by atoms with E-state index in [0.717, 1.165) is 19.4 Å². The number of nitrogen functional groups attached to an aromatic ring is 1. The van der Waals surface area contributed by atoms with Crippen molar-refractivity contribution in [1.82, 2.24) is 0 Å². The van der Waals surface area contributed by atoms with E-state index in [2.05, 4.69) is 0 Å². The van der Waals surface area contributed by atoms with E-state index < -0.39 is 5.97 Å². The van der Waals surface area contributed by atoms with Crippen LogP contribution in [0.25, 0.3) is 0 Å². The minimum atomic E-state index is -1.02. The number of nitrogens with two attached hydrogens (primary N) is 1. The highest BCUT2D eigenvalue weighted by Gasteiger charge is 2.19. The molecule has 0 aromatic heterocycles. The molecular weight excluding hydrogens is 222 g/mol. The van der Waals surface area contributed by atoms with E-state index >= 15 is 0 Å². The van der Waals surface area contributed by atoms with Crippen LogP contribution >= 0.6 is 0 Å². The molecule has 5 heteroatoms. The number of benzene rings is 1. The number of hydrogen-bond donors (Lipinski definition) is 2. The zero-order chi connectivity index (χ0) is 12.3. The van der Waals surface area contributed by atoms with Crippen molar-refractivity contribution >= 4 is 11.7 Å². The van der Waals surface area contributed by atoms with Gasteiger partial charge in [-0.1, -0.05) is 0 Å². The summed E-state index contributed by atoms with van der Waals surface area (Å²) in [5, 5.41) is 9.03. The summed E-state index contributed by atoms with van der Waals surface area (Å²) in [7, 11) is 0. The van der Waals surface area contributed by atoms with E-state index in [1.54, 1.807) is 6.07 Å². The lowest BCUT2D eigenvalue weighted by molar-refractivity contribution is 0.00681. The largest absolute Gasteiger partial charge is 0.487 e. The fourth-order valence-electron chi connectivity index (χ4n) is 1.80. The molecule has 0 radical (unpaired) electrons. The van der Waals surface area contributed by atoms with Crippen LogP contribution in [0, 0.1) is 0 Å². The van der Waals surface area contributed by atoms with Crippen molar-refractivity contribution in [3.05, 3.63) is 23.8 Å². The van der Waals surface area contributed by atoms with Gasteiger partial charge in [0, 0.05) is 18.4 Å². The van der Waals surface area contributed by atoms with Crippen LogP contribution in [0.15, 0.2) is 18.2 Å². The molecule has 92 valence electrons. The molecule has 1 heterocycles. The molecule has 5 nitrogen and oxygen atoms in total. The van der Waals surface area contributed by atoms with Crippen LogP contribution < -0.4 is 10.5 Å². The summed E-state index contributed by atoms with van der Waals surface area (Å²) < 4.78 is 10.9. The highest BCUT2D eigenvalue weighted by molar-refractivity contribution is 5.91. The number of aromatic carboxylic acids is 1. The molecule has 1 aliphatic rings. The van der Waals surface area contributed by atoms with Crippen molar-refractivity contribution in [2.24, 2.45) is 0 Å². The third kappa shape index (κ3) is 2.88. The van der Waals surface area contributed by atoms with Gasteiger partial charge in [-0.25, -0.2) is 4.79 Å². The Bertz CT molecular complexity index is 413. The molecule has 0 bridgehead atoms. The lowest BCUT2D eigenvalue weighted by Crippen LogP contribution is -2.28. The summed E-state index contributed by atoms with van der Waals surface area (Å²) >= 11 is 0. The summed E-state index contributed by atoms with van der Waals surface area (Å²) in [6.07, 6.45) is 1.70. The van der Waals surface area contributed by atoms with Gasteiger partial charge in [-0.05, 0) is 25.0 Å². The average molecular weight is 237 g/mol. The summed E-state index contributed by atoms with van der Waals surface area (Å²) in [5.74, 6) is -0.704. The van der Waals surface area contributed by atoms with E-state index in [9.17, 15) is 4.79 Å². The maximum absolute atomic E-state index is 11.0. The Hall–Kier alpha value is -1.75. The van der Waals surface area contributed by atoms with Crippen LogP contribution in [0.2, 0.25) is 0 Å². The van der Waals surface area contributed by atoms with Gasteiger partial charge in [0.15, 0.2) is 0 Å². The Morgan fingerprint density at radius 3 is 3.00 bits per heavy atom. The first-order chi connectivity index (χ1) is 8.16. The fraction of sp³-hybridized carbons (Fsp3) is 0.417. The van der Waals surface area contributed by atoms with Crippen LogP contribution in [-0.2, 0) is 4.74 Å². The van der Waals surface area contributed by atoms with E-state index in [1.807, 2.05) is 0 Å². The highest BCUT2D eigenvalue weighted by Crippen LogP contribution is 2.24. The molecule has 1 atom stereocenters.